The van der Waals surface area contributed by atoms with Gasteiger partial charge in [-0.1, -0.05) is 84.5 Å². The third-order valence-electron chi connectivity index (χ3n) is 5.73. The number of nitrogens with zero attached hydrogens (tertiary/aromatic N) is 2. The van der Waals surface area contributed by atoms with Crippen molar-refractivity contribution in [1.29, 1.82) is 0 Å². The van der Waals surface area contributed by atoms with Crippen LogP contribution in [0.25, 0.3) is 0 Å². The number of aryl methyl sites for hydroxylation is 1. The largest absolute Gasteiger partial charge is 0.256 e. The first kappa shape index (κ1) is 24.2. The second-order valence-corrected chi connectivity index (χ2v) is 9.44. The molecular weight excluding hydrogens is 328 g/mol. The number of hydrogen-bond donors (Lipinski definition) is 0. The second-order valence-electron chi connectivity index (χ2n) is 9.44. The zero-order chi connectivity index (χ0) is 20.0. The minimum absolute atomic E-state index is 0.184. The molecular formula is C25H49N2+. The summed E-state index contributed by atoms with van der Waals surface area (Å²) in [6, 6.07) is 0. The fraction of sp³-hybridized carbons (Fsp3) is 0.880. The Balaban J connectivity index is 2.33. The van der Waals surface area contributed by atoms with Crippen LogP contribution >= 0.6 is 0 Å². The van der Waals surface area contributed by atoms with E-state index in [4.69, 9.17) is 0 Å². The maximum Gasteiger partial charge on any atom is 0.256 e. The molecule has 0 aromatic carbocycles. The van der Waals surface area contributed by atoms with Crippen LogP contribution in [0.1, 0.15) is 130 Å². The quantitative estimate of drug-likeness (QED) is 0.207. The van der Waals surface area contributed by atoms with Gasteiger partial charge < -0.3 is 0 Å². The fourth-order valence-corrected chi connectivity index (χ4v) is 4.02. The number of rotatable bonds is 16. The van der Waals surface area contributed by atoms with Gasteiger partial charge in [-0.05, 0) is 40.0 Å². The summed E-state index contributed by atoms with van der Waals surface area (Å²) in [5.41, 5.74) is 0.184. The van der Waals surface area contributed by atoms with Crippen molar-refractivity contribution >= 4 is 0 Å². The van der Waals surface area contributed by atoms with E-state index in [2.05, 4.69) is 56.1 Å². The second kappa shape index (κ2) is 14.2. The lowest BCUT2D eigenvalue weighted by molar-refractivity contribution is -0.704. The topological polar surface area (TPSA) is 8.81 Å². The molecule has 0 aliphatic rings. The van der Waals surface area contributed by atoms with E-state index in [0.717, 1.165) is 0 Å². The zero-order valence-corrected chi connectivity index (χ0v) is 19.4. The molecule has 27 heavy (non-hydrogen) atoms. The van der Waals surface area contributed by atoms with Crippen molar-refractivity contribution in [3.05, 3.63) is 18.2 Å². The molecule has 2 nitrogen and oxygen atoms in total. The first-order valence-corrected chi connectivity index (χ1v) is 12.1. The lowest BCUT2D eigenvalue weighted by atomic mass is 10.1. The number of aromatic nitrogens is 2. The smallest absolute Gasteiger partial charge is 0.234 e. The van der Waals surface area contributed by atoms with E-state index < -0.39 is 0 Å². The van der Waals surface area contributed by atoms with Gasteiger partial charge in [0.15, 0.2) is 0 Å². The van der Waals surface area contributed by atoms with Crippen LogP contribution in [0.4, 0.5) is 0 Å². The van der Waals surface area contributed by atoms with Gasteiger partial charge in [-0.3, -0.25) is 0 Å². The third-order valence-corrected chi connectivity index (χ3v) is 5.73. The minimum atomic E-state index is 0.184. The van der Waals surface area contributed by atoms with Crippen molar-refractivity contribution in [2.75, 3.05) is 0 Å². The van der Waals surface area contributed by atoms with Crippen molar-refractivity contribution in [3.63, 3.8) is 0 Å². The average Bonchev–Trinajstić information content (AvgIpc) is 3.03. The Morgan fingerprint density at radius 1 is 0.704 bits per heavy atom. The Morgan fingerprint density at radius 3 is 1.70 bits per heavy atom. The number of imidazole rings is 1. The maximum absolute atomic E-state index is 2.54. The van der Waals surface area contributed by atoms with Crippen LogP contribution in [0.3, 0.4) is 0 Å². The summed E-state index contributed by atoms with van der Waals surface area (Å²) in [6.45, 7) is 12.8. The number of hydrogen-bond acceptors (Lipinski definition) is 0. The van der Waals surface area contributed by atoms with Crippen molar-refractivity contribution in [3.8, 4) is 0 Å². The Bertz CT molecular complexity index is 467. The molecule has 1 aromatic heterocycles. The molecule has 2 heteroatoms. The van der Waals surface area contributed by atoms with Crippen LogP contribution in [0.15, 0.2) is 12.4 Å². The molecule has 0 spiro atoms. The van der Waals surface area contributed by atoms with Crippen LogP contribution in [0.5, 0.6) is 0 Å². The molecule has 1 aromatic rings. The summed E-state index contributed by atoms with van der Waals surface area (Å²) in [7, 11) is 0. The van der Waals surface area contributed by atoms with Crippen LogP contribution in [-0.2, 0) is 18.5 Å². The highest BCUT2D eigenvalue weighted by Crippen LogP contribution is 2.17. The summed E-state index contributed by atoms with van der Waals surface area (Å²) in [5, 5.41) is 0. The third kappa shape index (κ3) is 10.4. The van der Waals surface area contributed by atoms with E-state index in [1.165, 1.54) is 109 Å². The van der Waals surface area contributed by atoms with Crippen molar-refractivity contribution in [1.82, 2.24) is 4.57 Å². The molecule has 0 saturated heterocycles. The van der Waals surface area contributed by atoms with Gasteiger partial charge in [-0.25, -0.2) is 9.13 Å². The van der Waals surface area contributed by atoms with Crippen LogP contribution in [0, 0.1) is 0 Å². The first-order chi connectivity index (χ1) is 13.0. The van der Waals surface area contributed by atoms with Crippen LogP contribution in [0.2, 0.25) is 0 Å². The summed E-state index contributed by atoms with van der Waals surface area (Å²) in [4.78, 5) is 0. The maximum atomic E-state index is 2.54. The molecule has 0 N–H and O–H groups in total. The lowest BCUT2D eigenvalue weighted by Gasteiger charge is -2.17. The van der Waals surface area contributed by atoms with E-state index in [-0.39, 0.29) is 5.54 Å². The van der Waals surface area contributed by atoms with E-state index in [1.54, 1.807) is 0 Å². The molecule has 1 rings (SSSR count). The normalized spacial score (nSPS) is 12.0. The average molecular weight is 378 g/mol. The van der Waals surface area contributed by atoms with Crippen LogP contribution < -0.4 is 4.57 Å². The van der Waals surface area contributed by atoms with E-state index in [9.17, 15) is 0 Å². The molecule has 0 radical (unpaired) electrons. The van der Waals surface area contributed by atoms with E-state index >= 15 is 0 Å². The van der Waals surface area contributed by atoms with E-state index in [1.807, 2.05) is 0 Å². The van der Waals surface area contributed by atoms with E-state index in [0.29, 0.717) is 0 Å². The Kier molecular flexibility index (Phi) is 12.8. The molecule has 0 aliphatic heterocycles. The molecule has 0 unspecified atom stereocenters. The van der Waals surface area contributed by atoms with Gasteiger partial charge >= 0.3 is 0 Å². The first-order valence-electron chi connectivity index (χ1n) is 12.1. The Labute approximate surface area is 170 Å². The van der Waals surface area contributed by atoms with Gasteiger partial charge in [0.05, 0.1) is 6.54 Å². The molecule has 0 aliphatic carbocycles. The highest BCUT2D eigenvalue weighted by atomic mass is 15.2. The van der Waals surface area contributed by atoms with Crippen molar-refractivity contribution < 1.29 is 4.57 Å². The molecule has 158 valence electrons. The SMILES string of the molecule is CCCCCCCCCCCC[n+]1ccn(C(C)(C)C)c1CCCCCC. The van der Waals surface area contributed by atoms with Gasteiger partial charge in [-0.2, -0.15) is 0 Å². The summed E-state index contributed by atoms with van der Waals surface area (Å²) in [6.07, 6.45) is 25.4. The Hall–Kier alpha value is -0.790. The fourth-order valence-electron chi connectivity index (χ4n) is 4.02. The molecule has 0 atom stereocenters. The molecule has 0 fully saturated rings. The van der Waals surface area contributed by atoms with Gasteiger partial charge in [0.2, 0.25) is 0 Å². The zero-order valence-electron chi connectivity index (χ0n) is 19.4. The highest BCUT2D eigenvalue weighted by Gasteiger charge is 2.26. The van der Waals surface area contributed by atoms with Crippen LogP contribution in [-0.4, -0.2) is 4.57 Å². The Morgan fingerprint density at radius 2 is 1.19 bits per heavy atom. The minimum Gasteiger partial charge on any atom is -0.234 e. The van der Waals surface area contributed by atoms with Gasteiger partial charge in [-0.15, -0.1) is 0 Å². The molecule has 0 saturated carbocycles. The monoisotopic (exact) mass is 377 g/mol. The predicted octanol–water partition coefficient (Wildman–Crippen LogP) is 7.57. The summed E-state index contributed by atoms with van der Waals surface area (Å²) in [5.74, 6) is 1.54. The summed E-state index contributed by atoms with van der Waals surface area (Å²) < 4.78 is 5.05. The molecule has 0 amide bonds. The van der Waals surface area contributed by atoms with Crippen molar-refractivity contribution in [2.45, 2.75) is 143 Å². The summed E-state index contributed by atoms with van der Waals surface area (Å²) >= 11 is 0. The van der Waals surface area contributed by atoms with Gasteiger partial charge in [0.1, 0.15) is 17.9 Å². The highest BCUT2D eigenvalue weighted by molar-refractivity contribution is 4.91. The molecule has 0 bridgehead atoms. The van der Waals surface area contributed by atoms with Crippen molar-refractivity contribution in [2.24, 2.45) is 0 Å². The number of unbranched alkanes of at least 4 members (excludes halogenated alkanes) is 12. The van der Waals surface area contributed by atoms with Gasteiger partial charge in [0.25, 0.3) is 5.82 Å². The predicted molar refractivity (Wildman–Crippen MR) is 119 cm³/mol. The standard InChI is InChI=1S/C25H49N2/c1-6-8-10-12-13-14-15-16-17-19-21-26-22-23-27(25(3,4)5)24(26)20-18-11-9-7-2/h22-23H,6-21H2,1-5H3/q+1. The molecule has 1 heterocycles. The lowest BCUT2D eigenvalue weighted by Crippen LogP contribution is -2.39. The van der Waals surface area contributed by atoms with Gasteiger partial charge in [0, 0.05) is 6.42 Å².